The van der Waals surface area contributed by atoms with Gasteiger partial charge in [-0.15, -0.1) is 0 Å². The highest BCUT2D eigenvalue weighted by Crippen LogP contribution is 2.35. The van der Waals surface area contributed by atoms with Crippen molar-refractivity contribution in [2.45, 2.75) is 52.7 Å². The summed E-state index contributed by atoms with van der Waals surface area (Å²) in [6.45, 7) is 9.32. The molecule has 1 fully saturated rings. The van der Waals surface area contributed by atoms with E-state index < -0.39 is 6.16 Å². The highest BCUT2D eigenvalue weighted by Gasteiger charge is 2.31. The van der Waals surface area contributed by atoms with Gasteiger partial charge in [0.05, 0.1) is 7.11 Å². The van der Waals surface area contributed by atoms with Crippen molar-refractivity contribution in [3.05, 3.63) is 64.2 Å². The maximum absolute atomic E-state index is 10.7. The number of ether oxygens (including phenoxy) is 3. The molecule has 0 aromatic heterocycles. The van der Waals surface area contributed by atoms with E-state index in [2.05, 4.69) is 56.0 Å². The Kier molecular flexibility index (Phi) is 7.47. The smallest absolute Gasteiger partial charge is 0.496 e. The Morgan fingerprint density at radius 2 is 1.94 bits per heavy atom. The number of allylic oxidation sites excluding steroid dienone is 1. The molecule has 2 aromatic carbocycles. The molecule has 2 aromatic rings. The van der Waals surface area contributed by atoms with Gasteiger partial charge in [-0.1, -0.05) is 31.6 Å². The van der Waals surface area contributed by atoms with E-state index in [-0.39, 0.29) is 6.10 Å². The predicted octanol–water partition coefficient (Wildman–Crippen LogP) is 5.57. The van der Waals surface area contributed by atoms with Crippen LogP contribution in [0.1, 0.15) is 49.4 Å². The van der Waals surface area contributed by atoms with E-state index in [1.54, 1.807) is 7.11 Å². The van der Waals surface area contributed by atoms with Gasteiger partial charge in [-0.3, -0.25) is 4.90 Å². The number of methoxy groups -OCH3 is 1. The molecule has 1 aliphatic carbocycles. The third kappa shape index (κ3) is 5.73. The maximum Gasteiger partial charge on any atom is 0.506 e. The Morgan fingerprint density at radius 3 is 2.65 bits per heavy atom. The van der Waals surface area contributed by atoms with Crippen molar-refractivity contribution < 1.29 is 24.1 Å². The zero-order chi connectivity index (χ0) is 24.2. The fraction of sp³-hybridized carbons (Fsp3) is 0.464. The summed E-state index contributed by atoms with van der Waals surface area (Å²) in [4.78, 5) is 12.9. The van der Waals surface area contributed by atoms with Gasteiger partial charge in [0.25, 0.3) is 0 Å². The predicted molar refractivity (Wildman–Crippen MR) is 133 cm³/mol. The Balaban J connectivity index is 1.40. The molecule has 0 atom stereocenters. The minimum absolute atomic E-state index is 0.196. The van der Waals surface area contributed by atoms with Gasteiger partial charge in [-0.2, -0.15) is 0 Å². The van der Waals surface area contributed by atoms with Gasteiger partial charge in [0.2, 0.25) is 0 Å². The first kappa shape index (κ1) is 24.1. The average molecular weight is 466 g/mol. The van der Waals surface area contributed by atoms with Crippen molar-refractivity contribution in [3.8, 4) is 11.5 Å². The van der Waals surface area contributed by atoms with Crippen LogP contribution in [-0.4, -0.2) is 49.0 Å². The van der Waals surface area contributed by atoms with E-state index >= 15 is 0 Å². The van der Waals surface area contributed by atoms with Gasteiger partial charge in [0, 0.05) is 25.2 Å². The number of aryl methyl sites for hydroxylation is 1. The molecular weight excluding hydrogens is 430 g/mol. The molecule has 0 bridgehead atoms. The number of carbonyl (C=O) groups is 1. The first-order valence-corrected chi connectivity index (χ1v) is 12.0. The summed E-state index contributed by atoms with van der Waals surface area (Å²) in [7, 11) is 1.70. The summed E-state index contributed by atoms with van der Waals surface area (Å²) < 4.78 is 16.6. The lowest BCUT2D eigenvalue weighted by Crippen LogP contribution is -2.53. The van der Waals surface area contributed by atoms with Crippen LogP contribution in [0.15, 0.2) is 42.0 Å². The minimum atomic E-state index is -1.19. The Morgan fingerprint density at radius 1 is 1.15 bits per heavy atom. The summed E-state index contributed by atoms with van der Waals surface area (Å²) in [5.74, 6) is 2.34. The first-order chi connectivity index (χ1) is 16.3. The van der Waals surface area contributed by atoms with Crippen LogP contribution < -0.4 is 9.47 Å². The fourth-order valence-electron chi connectivity index (χ4n) is 4.94. The molecule has 0 unspecified atom stereocenters. The minimum Gasteiger partial charge on any atom is -0.496 e. The number of hydrogen-bond acceptors (Lipinski definition) is 5. The van der Waals surface area contributed by atoms with E-state index in [4.69, 9.17) is 19.3 Å². The van der Waals surface area contributed by atoms with Crippen LogP contribution >= 0.6 is 0 Å². The standard InChI is InChI=1S/C28H35NO5/c1-18(2)11-20-5-10-27(32-4)23(12-20)17-33-24-8-9-26-19(3)22(7-6-21(26)13-24)14-29-15-25(16-29)34-28(30)31/h5,8-10,12-13,18,25H,6-7,11,14-17H2,1-4H3,(H,30,31). The van der Waals surface area contributed by atoms with Crippen molar-refractivity contribution in [1.82, 2.24) is 4.90 Å². The van der Waals surface area contributed by atoms with Gasteiger partial charge >= 0.3 is 6.16 Å². The molecule has 182 valence electrons. The molecule has 2 aliphatic rings. The lowest BCUT2D eigenvalue weighted by molar-refractivity contribution is -0.0292. The molecule has 1 N–H and O–H groups in total. The van der Waals surface area contributed by atoms with E-state index in [0.717, 1.165) is 42.9 Å². The van der Waals surface area contributed by atoms with Gasteiger partial charge < -0.3 is 19.3 Å². The SMILES string of the molecule is COc1ccc(CC(C)C)cc1COc1ccc2c(c1)CCC(CN1CC(OC(=O)O)C1)=C2C. The fourth-order valence-corrected chi connectivity index (χ4v) is 4.94. The second-order valence-electron chi connectivity index (χ2n) is 9.78. The van der Waals surface area contributed by atoms with Crippen LogP contribution in [0.25, 0.3) is 5.57 Å². The summed E-state index contributed by atoms with van der Waals surface area (Å²) in [5.41, 5.74) is 7.70. The van der Waals surface area contributed by atoms with Crippen LogP contribution in [-0.2, 0) is 24.2 Å². The van der Waals surface area contributed by atoms with Gasteiger partial charge in [0.1, 0.15) is 24.2 Å². The van der Waals surface area contributed by atoms with E-state index in [9.17, 15) is 4.79 Å². The highest BCUT2D eigenvalue weighted by molar-refractivity contribution is 5.72. The molecule has 6 heteroatoms. The monoisotopic (exact) mass is 465 g/mol. The lowest BCUT2D eigenvalue weighted by atomic mass is 9.85. The van der Waals surface area contributed by atoms with Crippen LogP contribution in [0, 0.1) is 5.92 Å². The van der Waals surface area contributed by atoms with Crippen molar-refractivity contribution in [2.75, 3.05) is 26.7 Å². The Labute approximate surface area is 202 Å². The van der Waals surface area contributed by atoms with E-state index in [1.165, 1.54) is 27.8 Å². The molecule has 0 spiro atoms. The number of benzene rings is 2. The second-order valence-corrected chi connectivity index (χ2v) is 9.78. The highest BCUT2D eigenvalue weighted by atomic mass is 16.7. The van der Waals surface area contributed by atoms with Gasteiger partial charge in [-0.05, 0) is 78.6 Å². The Hall–Kier alpha value is -2.99. The van der Waals surface area contributed by atoms with Gasteiger partial charge in [-0.25, -0.2) is 4.79 Å². The largest absolute Gasteiger partial charge is 0.506 e. The Bertz CT molecular complexity index is 1070. The molecule has 0 radical (unpaired) electrons. The summed E-state index contributed by atoms with van der Waals surface area (Å²) in [6.07, 6.45) is 1.64. The summed E-state index contributed by atoms with van der Waals surface area (Å²) in [6, 6.07) is 12.7. The van der Waals surface area contributed by atoms with Gasteiger partial charge in [0.15, 0.2) is 0 Å². The summed E-state index contributed by atoms with van der Waals surface area (Å²) >= 11 is 0. The van der Waals surface area contributed by atoms with Crippen LogP contribution in [0.5, 0.6) is 11.5 Å². The number of likely N-dealkylation sites (tertiary alicyclic amines) is 1. The molecule has 6 nitrogen and oxygen atoms in total. The maximum atomic E-state index is 10.7. The van der Waals surface area contributed by atoms with Crippen LogP contribution in [0.2, 0.25) is 0 Å². The van der Waals surface area contributed by atoms with Crippen molar-refractivity contribution >= 4 is 11.7 Å². The average Bonchev–Trinajstić information content (AvgIpc) is 2.77. The molecule has 34 heavy (non-hydrogen) atoms. The molecule has 1 saturated heterocycles. The molecule has 0 amide bonds. The molecule has 1 heterocycles. The quantitative estimate of drug-likeness (QED) is 0.488. The van der Waals surface area contributed by atoms with Crippen molar-refractivity contribution in [2.24, 2.45) is 5.92 Å². The van der Waals surface area contributed by atoms with Crippen molar-refractivity contribution in [3.63, 3.8) is 0 Å². The number of hydrogen-bond donors (Lipinski definition) is 1. The van der Waals surface area contributed by atoms with Crippen molar-refractivity contribution in [1.29, 1.82) is 0 Å². The van der Waals surface area contributed by atoms with Crippen LogP contribution in [0.4, 0.5) is 4.79 Å². The third-order valence-electron chi connectivity index (χ3n) is 6.70. The lowest BCUT2D eigenvalue weighted by Gasteiger charge is -2.39. The molecule has 4 rings (SSSR count). The topological polar surface area (TPSA) is 68.2 Å². The van der Waals surface area contributed by atoms with E-state index in [1.807, 2.05) is 6.07 Å². The zero-order valence-corrected chi connectivity index (χ0v) is 20.6. The normalized spacial score (nSPS) is 16.3. The number of rotatable bonds is 9. The van der Waals surface area contributed by atoms with Crippen LogP contribution in [0.3, 0.4) is 0 Å². The molecule has 1 aliphatic heterocycles. The third-order valence-corrected chi connectivity index (χ3v) is 6.70. The first-order valence-electron chi connectivity index (χ1n) is 12.0. The summed E-state index contributed by atoms with van der Waals surface area (Å²) in [5, 5.41) is 8.74. The van der Waals surface area contributed by atoms with E-state index in [0.29, 0.717) is 25.6 Å². The zero-order valence-electron chi connectivity index (χ0n) is 20.6. The molecular formula is C28H35NO5. The number of carboxylic acid groups (broad SMARTS) is 1. The molecule has 0 saturated carbocycles. The second kappa shape index (κ2) is 10.5. The number of fused-ring (bicyclic) bond motifs is 1. The number of nitrogens with zero attached hydrogens (tertiary/aromatic N) is 1.